The van der Waals surface area contributed by atoms with Crippen LogP contribution in [0.2, 0.25) is 5.02 Å². The van der Waals surface area contributed by atoms with E-state index in [1.165, 1.54) is 0 Å². The molecule has 1 saturated heterocycles. The first kappa shape index (κ1) is 17.8. The van der Waals surface area contributed by atoms with Crippen molar-refractivity contribution in [2.45, 2.75) is 6.10 Å². The lowest BCUT2D eigenvalue weighted by Gasteiger charge is -2.34. The Labute approximate surface area is 142 Å². The number of amides is 1. The van der Waals surface area contributed by atoms with E-state index in [1.807, 2.05) is 49.3 Å². The van der Waals surface area contributed by atoms with E-state index in [0.717, 1.165) is 30.3 Å². The van der Waals surface area contributed by atoms with Gasteiger partial charge in [0.1, 0.15) is 0 Å². The Morgan fingerprint density at radius 3 is 2.87 bits per heavy atom. The van der Waals surface area contributed by atoms with Gasteiger partial charge in [0.15, 0.2) is 0 Å². The molecule has 6 heteroatoms. The molecule has 1 aliphatic heterocycles. The largest absolute Gasteiger partial charge is 0.373 e. The van der Waals surface area contributed by atoms with Crippen LogP contribution < -0.4 is 10.2 Å². The number of nitrogens with one attached hydrogen (secondary N) is 1. The molecule has 1 fully saturated rings. The Kier molecular flexibility index (Phi) is 6.89. The van der Waals surface area contributed by atoms with E-state index < -0.39 is 0 Å². The van der Waals surface area contributed by atoms with Crippen molar-refractivity contribution in [2.75, 3.05) is 51.8 Å². The molecule has 0 radical (unpaired) electrons. The zero-order valence-corrected chi connectivity index (χ0v) is 14.4. The zero-order valence-electron chi connectivity index (χ0n) is 13.7. The SMILES string of the molecule is CN(C)C/C=C/C(=O)NCC1CN(c2ccc(Cl)cc2)CCO1. The van der Waals surface area contributed by atoms with Crippen molar-refractivity contribution < 1.29 is 9.53 Å². The standard InChI is InChI=1S/C17H24ClN3O2/c1-20(2)9-3-4-17(22)19-12-16-13-21(10-11-23-16)15-7-5-14(18)6-8-15/h3-8,16H,9-13H2,1-2H3,(H,19,22)/b4-3+. The van der Waals surface area contributed by atoms with Gasteiger partial charge in [0.25, 0.3) is 0 Å². The summed E-state index contributed by atoms with van der Waals surface area (Å²) in [5.74, 6) is -0.0842. The smallest absolute Gasteiger partial charge is 0.243 e. The highest BCUT2D eigenvalue weighted by Gasteiger charge is 2.20. The number of hydrogen-bond donors (Lipinski definition) is 1. The first-order valence-electron chi connectivity index (χ1n) is 7.76. The number of anilines is 1. The lowest BCUT2D eigenvalue weighted by molar-refractivity contribution is -0.117. The molecule has 1 heterocycles. The second-order valence-corrected chi connectivity index (χ2v) is 6.26. The number of carbonyl (C=O) groups is 1. The van der Waals surface area contributed by atoms with E-state index in [1.54, 1.807) is 6.08 Å². The van der Waals surface area contributed by atoms with Gasteiger partial charge in [-0.25, -0.2) is 0 Å². The first-order chi connectivity index (χ1) is 11.0. The minimum Gasteiger partial charge on any atom is -0.373 e. The number of rotatable bonds is 6. The molecule has 1 aromatic rings. The number of hydrogen-bond acceptors (Lipinski definition) is 4. The lowest BCUT2D eigenvalue weighted by Crippen LogP contribution is -2.47. The normalized spacial score (nSPS) is 18.6. The van der Waals surface area contributed by atoms with Crippen molar-refractivity contribution in [2.24, 2.45) is 0 Å². The number of morpholine rings is 1. The molecule has 5 nitrogen and oxygen atoms in total. The van der Waals surface area contributed by atoms with E-state index in [9.17, 15) is 4.79 Å². The van der Waals surface area contributed by atoms with Gasteiger partial charge in [0, 0.05) is 43.0 Å². The number of carbonyl (C=O) groups excluding carboxylic acids is 1. The molecule has 0 saturated carbocycles. The van der Waals surface area contributed by atoms with E-state index in [2.05, 4.69) is 10.2 Å². The summed E-state index contributed by atoms with van der Waals surface area (Å²) >= 11 is 5.92. The first-order valence-corrected chi connectivity index (χ1v) is 8.13. The average Bonchev–Trinajstić information content (AvgIpc) is 2.53. The molecule has 1 N–H and O–H groups in total. The van der Waals surface area contributed by atoms with Crippen LogP contribution in [0.4, 0.5) is 5.69 Å². The second kappa shape index (κ2) is 8.91. The van der Waals surface area contributed by atoms with E-state index in [0.29, 0.717) is 13.2 Å². The van der Waals surface area contributed by atoms with Gasteiger partial charge in [-0.3, -0.25) is 4.79 Å². The molecule has 1 aromatic carbocycles. The van der Waals surface area contributed by atoms with Crippen LogP contribution in [0.15, 0.2) is 36.4 Å². The van der Waals surface area contributed by atoms with Gasteiger partial charge in [0.05, 0.1) is 12.7 Å². The van der Waals surface area contributed by atoms with Crippen LogP contribution in [0, 0.1) is 0 Å². The second-order valence-electron chi connectivity index (χ2n) is 5.82. The fraction of sp³-hybridized carbons (Fsp3) is 0.471. The fourth-order valence-electron chi connectivity index (χ4n) is 2.37. The molecule has 0 aliphatic carbocycles. The minimum atomic E-state index is -0.0842. The summed E-state index contributed by atoms with van der Waals surface area (Å²) in [4.78, 5) is 16.0. The van der Waals surface area contributed by atoms with Crippen molar-refractivity contribution in [1.82, 2.24) is 10.2 Å². The van der Waals surface area contributed by atoms with E-state index in [4.69, 9.17) is 16.3 Å². The molecule has 126 valence electrons. The van der Waals surface area contributed by atoms with Crippen molar-refractivity contribution in [3.63, 3.8) is 0 Å². The predicted molar refractivity (Wildman–Crippen MR) is 94.1 cm³/mol. The fourth-order valence-corrected chi connectivity index (χ4v) is 2.50. The van der Waals surface area contributed by atoms with Crippen LogP contribution in [0.25, 0.3) is 0 Å². The van der Waals surface area contributed by atoms with Crippen molar-refractivity contribution >= 4 is 23.2 Å². The molecule has 0 bridgehead atoms. The van der Waals surface area contributed by atoms with Crippen molar-refractivity contribution in [1.29, 1.82) is 0 Å². The molecular formula is C17H24ClN3O2. The number of likely N-dealkylation sites (N-methyl/N-ethyl adjacent to an activating group) is 1. The highest BCUT2D eigenvalue weighted by Crippen LogP contribution is 2.20. The molecule has 1 unspecified atom stereocenters. The summed E-state index contributed by atoms with van der Waals surface area (Å²) in [5.41, 5.74) is 1.12. The highest BCUT2D eigenvalue weighted by molar-refractivity contribution is 6.30. The van der Waals surface area contributed by atoms with Gasteiger partial charge in [-0.2, -0.15) is 0 Å². The lowest BCUT2D eigenvalue weighted by atomic mass is 10.2. The monoisotopic (exact) mass is 337 g/mol. The molecule has 23 heavy (non-hydrogen) atoms. The molecule has 1 amide bonds. The number of benzene rings is 1. The quantitative estimate of drug-likeness (QED) is 0.804. The number of halogens is 1. The Balaban J connectivity index is 1.79. The Hall–Kier alpha value is -1.56. The molecule has 1 atom stereocenters. The van der Waals surface area contributed by atoms with Gasteiger partial charge < -0.3 is 19.9 Å². The van der Waals surface area contributed by atoms with Crippen LogP contribution in [0.1, 0.15) is 0 Å². The van der Waals surface area contributed by atoms with Gasteiger partial charge in [-0.1, -0.05) is 17.7 Å². The van der Waals surface area contributed by atoms with Gasteiger partial charge in [0.2, 0.25) is 5.91 Å². The maximum Gasteiger partial charge on any atom is 0.243 e. The average molecular weight is 338 g/mol. The van der Waals surface area contributed by atoms with E-state index in [-0.39, 0.29) is 12.0 Å². The number of ether oxygens (including phenoxy) is 1. The van der Waals surface area contributed by atoms with Crippen LogP contribution in [0.5, 0.6) is 0 Å². The highest BCUT2D eigenvalue weighted by atomic mass is 35.5. The third-order valence-corrected chi connectivity index (χ3v) is 3.83. The van der Waals surface area contributed by atoms with Crippen LogP contribution in [-0.2, 0) is 9.53 Å². The van der Waals surface area contributed by atoms with Crippen LogP contribution >= 0.6 is 11.6 Å². The molecule has 0 spiro atoms. The van der Waals surface area contributed by atoms with Crippen LogP contribution in [0.3, 0.4) is 0 Å². The summed E-state index contributed by atoms with van der Waals surface area (Å²) < 4.78 is 5.73. The Morgan fingerprint density at radius 1 is 1.43 bits per heavy atom. The summed E-state index contributed by atoms with van der Waals surface area (Å²) in [6, 6.07) is 7.79. The topological polar surface area (TPSA) is 44.8 Å². The maximum atomic E-state index is 11.8. The third kappa shape index (κ3) is 6.22. The molecule has 0 aromatic heterocycles. The predicted octanol–water partition coefficient (Wildman–Crippen LogP) is 1.78. The maximum absolute atomic E-state index is 11.8. The van der Waals surface area contributed by atoms with Crippen molar-refractivity contribution in [3.05, 3.63) is 41.4 Å². The van der Waals surface area contributed by atoms with E-state index >= 15 is 0 Å². The van der Waals surface area contributed by atoms with Gasteiger partial charge in [-0.15, -0.1) is 0 Å². The summed E-state index contributed by atoms with van der Waals surface area (Å²) in [6.45, 7) is 3.50. The summed E-state index contributed by atoms with van der Waals surface area (Å²) in [5, 5.41) is 3.62. The number of nitrogens with zero attached hydrogens (tertiary/aromatic N) is 2. The van der Waals surface area contributed by atoms with Crippen molar-refractivity contribution in [3.8, 4) is 0 Å². The summed E-state index contributed by atoms with van der Waals surface area (Å²) in [7, 11) is 3.92. The third-order valence-electron chi connectivity index (χ3n) is 3.57. The molecule has 1 aliphatic rings. The zero-order chi connectivity index (χ0) is 16.7. The minimum absolute atomic E-state index is 0.00868. The Morgan fingerprint density at radius 2 is 2.17 bits per heavy atom. The van der Waals surface area contributed by atoms with Gasteiger partial charge >= 0.3 is 0 Å². The molecular weight excluding hydrogens is 314 g/mol. The van der Waals surface area contributed by atoms with Gasteiger partial charge in [-0.05, 0) is 38.4 Å². The molecule has 2 rings (SSSR count). The Bertz CT molecular complexity index is 531. The van der Waals surface area contributed by atoms with Crippen LogP contribution in [-0.4, -0.2) is 63.8 Å². The summed E-state index contributed by atoms with van der Waals surface area (Å²) in [6.07, 6.45) is 3.40.